The molecule has 0 bridgehead atoms. The minimum atomic E-state index is -0.142. The van der Waals surface area contributed by atoms with Crippen LogP contribution in [0.25, 0.3) is 6.08 Å². The molecule has 2 aromatic carbocycles. The van der Waals surface area contributed by atoms with E-state index in [1.54, 1.807) is 6.08 Å². The molecule has 3 nitrogen and oxygen atoms in total. The lowest BCUT2D eigenvalue weighted by Crippen LogP contribution is -2.07. The molecule has 2 aromatic rings. The molecule has 0 radical (unpaired) electrons. The average Bonchev–Trinajstić information content (AvgIpc) is 2.56. The van der Waals surface area contributed by atoms with Crippen LogP contribution in [0.2, 0.25) is 0 Å². The molecule has 0 aliphatic heterocycles. The van der Waals surface area contributed by atoms with Gasteiger partial charge in [-0.25, -0.2) is 0 Å². The summed E-state index contributed by atoms with van der Waals surface area (Å²) in [6.45, 7) is 4.89. The Balaban J connectivity index is 1.86. The summed E-state index contributed by atoms with van der Waals surface area (Å²) >= 11 is 0. The van der Waals surface area contributed by atoms with Crippen molar-refractivity contribution >= 4 is 17.7 Å². The standard InChI is InChI=1S/C20H23NO2/c1-3-4-15-23-19-12-7-17(8-13-19)9-14-20(22)21-18-10-5-16(2)6-11-18/h5-14H,3-4,15H2,1-2H3,(H,21,22). The number of ether oxygens (including phenoxy) is 1. The van der Waals surface area contributed by atoms with Crippen LogP contribution in [0.15, 0.2) is 54.6 Å². The summed E-state index contributed by atoms with van der Waals surface area (Å²) in [6.07, 6.45) is 5.50. The molecule has 0 heterocycles. The first kappa shape index (κ1) is 16.8. The molecule has 0 unspecified atom stereocenters. The van der Waals surface area contributed by atoms with Gasteiger partial charge in [-0.05, 0) is 49.2 Å². The van der Waals surface area contributed by atoms with Gasteiger partial charge in [0.05, 0.1) is 6.61 Å². The highest BCUT2D eigenvalue weighted by Crippen LogP contribution is 2.14. The zero-order valence-electron chi connectivity index (χ0n) is 13.7. The predicted octanol–water partition coefficient (Wildman–Crippen LogP) is 4.83. The maximum Gasteiger partial charge on any atom is 0.248 e. The lowest BCUT2D eigenvalue weighted by molar-refractivity contribution is -0.111. The summed E-state index contributed by atoms with van der Waals surface area (Å²) in [5.41, 5.74) is 2.93. The van der Waals surface area contributed by atoms with E-state index in [2.05, 4.69) is 12.2 Å². The van der Waals surface area contributed by atoms with Crippen LogP contribution in [0.1, 0.15) is 30.9 Å². The fourth-order valence-electron chi connectivity index (χ4n) is 2.00. The number of aryl methyl sites for hydroxylation is 1. The molecule has 1 amide bonds. The Morgan fingerprint density at radius 2 is 1.78 bits per heavy atom. The number of nitrogens with one attached hydrogen (secondary N) is 1. The second-order valence-electron chi connectivity index (χ2n) is 5.46. The molecule has 1 N–H and O–H groups in total. The third kappa shape index (κ3) is 5.99. The van der Waals surface area contributed by atoms with Gasteiger partial charge < -0.3 is 10.1 Å². The Hall–Kier alpha value is -2.55. The number of anilines is 1. The Morgan fingerprint density at radius 3 is 2.43 bits per heavy atom. The third-order valence-corrected chi connectivity index (χ3v) is 3.39. The van der Waals surface area contributed by atoms with E-state index in [1.165, 1.54) is 11.6 Å². The van der Waals surface area contributed by atoms with Crippen LogP contribution < -0.4 is 10.1 Å². The van der Waals surface area contributed by atoms with Crippen LogP contribution in [-0.2, 0) is 4.79 Å². The monoisotopic (exact) mass is 309 g/mol. The lowest BCUT2D eigenvalue weighted by atomic mass is 10.2. The van der Waals surface area contributed by atoms with Crippen molar-refractivity contribution in [3.63, 3.8) is 0 Å². The van der Waals surface area contributed by atoms with E-state index >= 15 is 0 Å². The normalized spacial score (nSPS) is 10.7. The molecule has 2 rings (SSSR count). The van der Waals surface area contributed by atoms with Crippen molar-refractivity contribution in [1.82, 2.24) is 0 Å². The Kier molecular flexibility index (Phi) is 6.42. The molecule has 0 aromatic heterocycles. The number of carbonyl (C=O) groups excluding carboxylic acids is 1. The Bertz CT molecular complexity index is 642. The second kappa shape index (κ2) is 8.79. The number of hydrogen-bond acceptors (Lipinski definition) is 2. The highest BCUT2D eigenvalue weighted by atomic mass is 16.5. The zero-order chi connectivity index (χ0) is 16.5. The van der Waals surface area contributed by atoms with Gasteiger partial charge in [-0.2, -0.15) is 0 Å². The number of benzene rings is 2. The van der Waals surface area contributed by atoms with Crippen molar-refractivity contribution in [2.75, 3.05) is 11.9 Å². The zero-order valence-corrected chi connectivity index (χ0v) is 13.7. The van der Waals surface area contributed by atoms with Crippen molar-refractivity contribution in [3.05, 3.63) is 65.7 Å². The maximum atomic E-state index is 11.9. The SMILES string of the molecule is CCCCOc1ccc(C=CC(=O)Nc2ccc(C)cc2)cc1. The van der Waals surface area contributed by atoms with Gasteiger partial charge in [-0.15, -0.1) is 0 Å². The Labute approximate surface area is 138 Å². The molecule has 0 aliphatic carbocycles. The van der Waals surface area contributed by atoms with Gasteiger partial charge in [0.25, 0.3) is 0 Å². The second-order valence-corrected chi connectivity index (χ2v) is 5.46. The van der Waals surface area contributed by atoms with Crippen molar-refractivity contribution in [1.29, 1.82) is 0 Å². The third-order valence-electron chi connectivity index (χ3n) is 3.39. The van der Waals surface area contributed by atoms with Gasteiger partial charge in [-0.3, -0.25) is 4.79 Å². The first-order valence-corrected chi connectivity index (χ1v) is 7.96. The summed E-state index contributed by atoms with van der Waals surface area (Å²) in [5, 5.41) is 2.83. The molecule has 0 fully saturated rings. The molecular formula is C20H23NO2. The highest BCUT2D eigenvalue weighted by Gasteiger charge is 1.98. The van der Waals surface area contributed by atoms with Crippen molar-refractivity contribution in [2.24, 2.45) is 0 Å². The van der Waals surface area contributed by atoms with Gasteiger partial charge in [0.2, 0.25) is 5.91 Å². The predicted molar refractivity (Wildman–Crippen MR) is 95.7 cm³/mol. The number of unbranched alkanes of at least 4 members (excludes halogenated alkanes) is 1. The van der Waals surface area contributed by atoms with Crippen LogP contribution in [0.4, 0.5) is 5.69 Å². The number of carbonyl (C=O) groups is 1. The topological polar surface area (TPSA) is 38.3 Å². The summed E-state index contributed by atoms with van der Waals surface area (Å²) in [7, 11) is 0. The van der Waals surface area contributed by atoms with E-state index in [9.17, 15) is 4.79 Å². The average molecular weight is 309 g/mol. The fraction of sp³-hybridized carbons (Fsp3) is 0.250. The lowest BCUT2D eigenvalue weighted by Gasteiger charge is -2.05. The number of hydrogen-bond donors (Lipinski definition) is 1. The van der Waals surface area contributed by atoms with E-state index in [-0.39, 0.29) is 5.91 Å². The van der Waals surface area contributed by atoms with Crippen LogP contribution in [0.5, 0.6) is 5.75 Å². The van der Waals surface area contributed by atoms with Gasteiger partial charge in [0, 0.05) is 11.8 Å². The van der Waals surface area contributed by atoms with Crippen LogP contribution in [-0.4, -0.2) is 12.5 Å². The molecule has 23 heavy (non-hydrogen) atoms. The fourth-order valence-corrected chi connectivity index (χ4v) is 2.00. The first-order valence-electron chi connectivity index (χ1n) is 7.96. The summed E-state index contributed by atoms with van der Waals surface area (Å²) in [4.78, 5) is 11.9. The molecule has 0 saturated carbocycles. The van der Waals surface area contributed by atoms with Crippen molar-refractivity contribution in [2.45, 2.75) is 26.7 Å². The van der Waals surface area contributed by atoms with Crippen LogP contribution in [0, 0.1) is 6.92 Å². The maximum absolute atomic E-state index is 11.9. The van der Waals surface area contributed by atoms with E-state index in [0.29, 0.717) is 0 Å². The van der Waals surface area contributed by atoms with Crippen molar-refractivity contribution < 1.29 is 9.53 Å². The van der Waals surface area contributed by atoms with Gasteiger partial charge >= 0.3 is 0 Å². The van der Waals surface area contributed by atoms with Crippen molar-refractivity contribution in [3.8, 4) is 5.75 Å². The van der Waals surface area contributed by atoms with E-state index in [0.717, 1.165) is 36.4 Å². The molecule has 0 saturated heterocycles. The number of rotatable bonds is 7. The van der Waals surface area contributed by atoms with E-state index in [1.807, 2.05) is 55.5 Å². The molecule has 0 spiro atoms. The minimum absolute atomic E-state index is 0.142. The molecule has 0 atom stereocenters. The summed E-state index contributed by atoms with van der Waals surface area (Å²) in [6, 6.07) is 15.5. The minimum Gasteiger partial charge on any atom is -0.494 e. The quantitative estimate of drug-likeness (QED) is 0.588. The highest BCUT2D eigenvalue weighted by molar-refractivity contribution is 6.01. The molecule has 3 heteroatoms. The first-order chi connectivity index (χ1) is 11.2. The molecule has 0 aliphatic rings. The molecular weight excluding hydrogens is 286 g/mol. The number of amides is 1. The van der Waals surface area contributed by atoms with E-state index < -0.39 is 0 Å². The van der Waals surface area contributed by atoms with Crippen LogP contribution in [0.3, 0.4) is 0 Å². The van der Waals surface area contributed by atoms with E-state index in [4.69, 9.17) is 4.74 Å². The summed E-state index contributed by atoms with van der Waals surface area (Å²) < 4.78 is 5.61. The largest absolute Gasteiger partial charge is 0.494 e. The summed E-state index contributed by atoms with van der Waals surface area (Å²) in [5.74, 6) is 0.719. The Morgan fingerprint density at radius 1 is 1.09 bits per heavy atom. The molecule has 120 valence electrons. The van der Waals surface area contributed by atoms with Gasteiger partial charge in [0.15, 0.2) is 0 Å². The van der Waals surface area contributed by atoms with Gasteiger partial charge in [0.1, 0.15) is 5.75 Å². The van der Waals surface area contributed by atoms with Gasteiger partial charge in [-0.1, -0.05) is 43.2 Å². The smallest absolute Gasteiger partial charge is 0.248 e. The van der Waals surface area contributed by atoms with Crippen LogP contribution >= 0.6 is 0 Å².